The fraction of sp³-hybridized carbons (Fsp3) is 0.577. The average molecular weight is 518 g/mol. The Morgan fingerprint density at radius 1 is 1.28 bits per heavy atom. The van der Waals surface area contributed by atoms with Gasteiger partial charge in [-0.3, -0.25) is 4.90 Å². The van der Waals surface area contributed by atoms with E-state index in [0.29, 0.717) is 25.3 Å². The summed E-state index contributed by atoms with van der Waals surface area (Å²) in [5, 5.41) is 10.1. The molecular formula is C26H35N3O6S. The molecule has 0 bridgehead atoms. The van der Waals surface area contributed by atoms with Gasteiger partial charge in [0.2, 0.25) is 10.0 Å². The predicted octanol–water partition coefficient (Wildman–Crippen LogP) is 2.44. The molecule has 3 aliphatic heterocycles. The highest BCUT2D eigenvalue weighted by molar-refractivity contribution is 7.89. The Kier molecular flexibility index (Phi) is 6.99. The minimum atomic E-state index is -3.69. The van der Waals surface area contributed by atoms with Crippen LogP contribution in [-0.2, 0) is 30.7 Å². The number of carbonyl (C=O) groups excluding carboxylic acids is 1. The zero-order valence-corrected chi connectivity index (χ0v) is 21.8. The first-order valence-electron chi connectivity index (χ1n) is 12.8. The van der Waals surface area contributed by atoms with Gasteiger partial charge in [-0.1, -0.05) is 6.92 Å². The minimum Gasteiger partial charge on any atom is -0.459 e. The normalized spacial score (nSPS) is 23.4. The van der Waals surface area contributed by atoms with E-state index in [0.717, 1.165) is 60.9 Å². The number of sulfonamides is 1. The van der Waals surface area contributed by atoms with Gasteiger partial charge in [0.05, 0.1) is 23.1 Å². The lowest BCUT2D eigenvalue weighted by Crippen LogP contribution is -2.51. The van der Waals surface area contributed by atoms with Gasteiger partial charge in [-0.2, -0.15) is 0 Å². The number of fused-ring (bicyclic) bond motifs is 3. The highest BCUT2D eigenvalue weighted by Gasteiger charge is 2.51. The van der Waals surface area contributed by atoms with E-state index >= 15 is 0 Å². The van der Waals surface area contributed by atoms with E-state index in [2.05, 4.69) is 22.6 Å². The largest absolute Gasteiger partial charge is 0.459 e. The molecule has 0 spiro atoms. The van der Waals surface area contributed by atoms with Crippen LogP contribution in [0.25, 0.3) is 16.6 Å². The summed E-state index contributed by atoms with van der Waals surface area (Å²) in [6.45, 7) is 4.56. The van der Waals surface area contributed by atoms with Crippen LogP contribution in [0.5, 0.6) is 0 Å². The van der Waals surface area contributed by atoms with Crippen molar-refractivity contribution >= 4 is 32.6 Å². The monoisotopic (exact) mass is 517 g/mol. The van der Waals surface area contributed by atoms with Gasteiger partial charge in [-0.15, -0.1) is 0 Å². The molecule has 10 heteroatoms. The zero-order valence-electron chi connectivity index (χ0n) is 21.0. The van der Waals surface area contributed by atoms with Gasteiger partial charge < -0.3 is 19.1 Å². The van der Waals surface area contributed by atoms with Crippen molar-refractivity contribution in [2.75, 3.05) is 46.6 Å². The van der Waals surface area contributed by atoms with Crippen LogP contribution in [-0.4, -0.2) is 75.5 Å². The molecule has 196 valence electrons. The smallest absolute Gasteiger partial charge is 0.355 e. The van der Waals surface area contributed by atoms with Crippen LogP contribution < -0.4 is 4.72 Å². The lowest BCUT2D eigenvalue weighted by Gasteiger charge is -2.53. The van der Waals surface area contributed by atoms with Crippen molar-refractivity contribution in [3.8, 4) is 0 Å². The number of nitrogens with zero attached hydrogens (tertiary/aromatic N) is 2. The van der Waals surface area contributed by atoms with E-state index in [9.17, 15) is 18.3 Å². The number of esters is 1. The molecule has 1 fully saturated rings. The Balaban J connectivity index is 1.66. The summed E-state index contributed by atoms with van der Waals surface area (Å²) in [5.41, 5.74) is 3.28. The summed E-state index contributed by atoms with van der Waals surface area (Å²) in [7, 11) is -2.10. The number of rotatable bonds is 10. The van der Waals surface area contributed by atoms with Crippen molar-refractivity contribution in [1.82, 2.24) is 14.2 Å². The maximum atomic E-state index is 13.3. The third-order valence-corrected chi connectivity index (χ3v) is 9.43. The Hall–Kier alpha value is -2.24. The quantitative estimate of drug-likeness (QED) is 0.368. The molecule has 5 rings (SSSR count). The maximum absolute atomic E-state index is 13.3. The van der Waals surface area contributed by atoms with E-state index < -0.39 is 16.0 Å². The number of benzene rings is 1. The molecule has 9 nitrogen and oxygen atoms in total. The third kappa shape index (κ3) is 4.09. The van der Waals surface area contributed by atoms with E-state index in [-0.39, 0.29) is 29.6 Å². The van der Waals surface area contributed by atoms with Crippen molar-refractivity contribution in [2.45, 2.75) is 50.0 Å². The third-order valence-electron chi connectivity index (χ3n) is 7.97. The second kappa shape index (κ2) is 9.90. The van der Waals surface area contributed by atoms with Gasteiger partial charge >= 0.3 is 5.97 Å². The molecule has 0 amide bonds. The topological polar surface area (TPSA) is 110 Å². The Morgan fingerprint density at radius 3 is 2.86 bits per heavy atom. The lowest BCUT2D eigenvalue weighted by atomic mass is 9.66. The van der Waals surface area contributed by atoms with Crippen LogP contribution >= 0.6 is 0 Å². The molecule has 1 saturated heterocycles. The average Bonchev–Trinajstić information content (AvgIpc) is 3.23. The number of hydrogen-bond acceptors (Lipinski definition) is 7. The molecule has 0 radical (unpaired) electrons. The number of aliphatic hydroxyl groups excluding tert-OH is 1. The number of piperidine rings is 1. The lowest BCUT2D eigenvalue weighted by molar-refractivity contribution is -0.138. The number of methoxy groups -OCH3 is 1. The molecule has 0 saturated carbocycles. The molecule has 1 aromatic heterocycles. The summed E-state index contributed by atoms with van der Waals surface area (Å²) >= 11 is 0. The molecule has 2 N–H and O–H groups in total. The molecule has 2 aromatic rings. The van der Waals surface area contributed by atoms with E-state index in [1.54, 1.807) is 25.3 Å². The molecule has 0 unspecified atom stereocenters. The van der Waals surface area contributed by atoms with Crippen molar-refractivity contribution in [2.24, 2.45) is 5.41 Å². The fourth-order valence-electron chi connectivity index (χ4n) is 6.34. The van der Waals surface area contributed by atoms with Crippen LogP contribution in [0.15, 0.2) is 29.2 Å². The first kappa shape index (κ1) is 25.4. The van der Waals surface area contributed by atoms with Gasteiger partial charge in [0.1, 0.15) is 12.3 Å². The first-order chi connectivity index (χ1) is 17.4. The standard InChI is InChI=1S/C26H35N3O6S/c1-3-26-9-4-11-28-12-8-19-20-16-18(36(32,33)27-10-5-14-34-2)6-7-21(20)29(23(19)24(26)28)22(17-26)25(31)35-15-13-30/h6-7,16-17,24,27,30H,3-5,8-15H2,1-2H3/t24-,26+/m1/s1. The van der Waals surface area contributed by atoms with Crippen LogP contribution in [0.1, 0.15) is 49.9 Å². The summed E-state index contributed by atoms with van der Waals surface area (Å²) in [4.78, 5) is 16.0. The summed E-state index contributed by atoms with van der Waals surface area (Å²) < 4.78 is 41.1. The number of carbonyl (C=O) groups is 1. The molecule has 4 heterocycles. The van der Waals surface area contributed by atoms with Crippen molar-refractivity contribution in [3.63, 3.8) is 0 Å². The van der Waals surface area contributed by atoms with Gasteiger partial charge in [-0.05, 0) is 68.5 Å². The summed E-state index contributed by atoms with van der Waals surface area (Å²) in [6, 6.07) is 5.29. The molecule has 0 aliphatic carbocycles. The Bertz CT molecular complexity index is 1300. The number of ether oxygens (including phenoxy) is 2. The highest BCUT2D eigenvalue weighted by Crippen LogP contribution is 2.57. The van der Waals surface area contributed by atoms with Gasteiger partial charge in [0.25, 0.3) is 0 Å². The molecule has 2 atom stereocenters. The number of aromatic nitrogens is 1. The summed E-state index contributed by atoms with van der Waals surface area (Å²) in [5.74, 6) is -0.464. The van der Waals surface area contributed by atoms with Crippen molar-refractivity contribution < 1.29 is 27.8 Å². The number of aliphatic hydroxyl groups is 1. The fourth-order valence-corrected chi connectivity index (χ4v) is 7.44. The second-order valence-corrected chi connectivity index (χ2v) is 11.7. The minimum absolute atomic E-state index is 0.0661. The molecule has 3 aliphatic rings. The Labute approximate surface area is 212 Å². The van der Waals surface area contributed by atoms with Gasteiger partial charge in [0.15, 0.2) is 0 Å². The van der Waals surface area contributed by atoms with Crippen LogP contribution in [0.4, 0.5) is 0 Å². The van der Waals surface area contributed by atoms with Crippen molar-refractivity contribution in [1.29, 1.82) is 0 Å². The van der Waals surface area contributed by atoms with E-state index in [1.165, 1.54) is 0 Å². The van der Waals surface area contributed by atoms with Gasteiger partial charge in [-0.25, -0.2) is 17.9 Å². The maximum Gasteiger partial charge on any atom is 0.355 e. The molecular weight excluding hydrogens is 482 g/mol. The zero-order chi connectivity index (χ0) is 25.5. The number of nitrogens with one attached hydrogen (secondary N) is 1. The van der Waals surface area contributed by atoms with Gasteiger partial charge in [0, 0.05) is 43.3 Å². The van der Waals surface area contributed by atoms with E-state index in [1.807, 2.05) is 4.57 Å². The second-order valence-electron chi connectivity index (χ2n) is 9.89. The van der Waals surface area contributed by atoms with Crippen LogP contribution in [0.2, 0.25) is 0 Å². The van der Waals surface area contributed by atoms with Crippen LogP contribution in [0, 0.1) is 5.41 Å². The first-order valence-corrected chi connectivity index (χ1v) is 14.3. The number of hydrogen-bond donors (Lipinski definition) is 2. The molecule has 1 aromatic carbocycles. The predicted molar refractivity (Wildman–Crippen MR) is 136 cm³/mol. The summed E-state index contributed by atoms with van der Waals surface area (Å²) in [6.07, 6.45) is 6.40. The SMILES string of the molecule is CC[C@@]12C=C(C(=O)OCCO)n3c4c(c5cc(S(=O)(=O)NCCCOC)ccc53)CCN(CCC1)[C@H]42. The van der Waals surface area contributed by atoms with Crippen LogP contribution in [0.3, 0.4) is 0 Å². The van der Waals surface area contributed by atoms with Crippen molar-refractivity contribution in [3.05, 3.63) is 35.5 Å². The molecule has 36 heavy (non-hydrogen) atoms. The highest BCUT2D eigenvalue weighted by atomic mass is 32.2. The van der Waals surface area contributed by atoms with E-state index in [4.69, 9.17) is 9.47 Å². The Morgan fingerprint density at radius 2 is 2.11 bits per heavy atom.